The zero-order valence-electron chi connectivity index (χ0n) is 11.0. The van der Waals surface area contributed by atoms with Gasteiger partial charge in [-0.1, -0.05) is 48.8 Å². The highest BCUT2D eigenvalue weighted by Gasteiger charge is 2.17. The number of alkyl halides is 1. The summed E-state index contributed by atoms with van der Waals surface area (Å²) in [6, 6.07) is 7.36. The summed E-state index contributed by atoms with van der Waals surface area (Å²) in [6.07, 6.45) is 0.641. The Morgan fingerprint density at radius 1 is 1.17 bits per heavy atom. The van der Waals surface area contributed by atoms with Crippen LogP contribution in [0.4, 0.5) is 5.69 Å². The van der Waals surface area contributed by atoms with E-state index in [0.29, 0.717) is 12.1 Å². The number of hydrogen-bond acceptors (Lipinski definition) is 2. The highest BCUT2D eigenvalue weighted by molar-refractivity contribution is 9.08. The molecule has 0 bridgehead atoms. The zero-order valence-corrected chi connectivity index (χ0v) is 13.4. The van der Waals surface area contributed by atoms with Crippen LogP contribution in [0.25, 0.3) is 0 Å². The first kappa shape index (κ1) is 15.5. The van der Waals surface area contributed by atoms with Crippen molar-refractivity contribution in [1.82, 2.24) is 0 Å². The number of benzene rings is 1. The minimum absolute atomic E-state index is 0.0224. The van der Waals surface area contributed by atoms with Gasteiger partial charge < -0.3 is 0 Å². The second kappa shape index (κ2) is 6.06. The molecule has 3 nitrogen and oxygen atoms in total. The van der Waals surface area contributed by atoms with Gasteiger partial charge in [0.2, 0.25) is 10.0 Å². The van der Waals surface area contributed by atoms with Crippen LogP contribution in [0.5, 0.6) is 0 Å². The fourth-order valence-electron chi connectivity index (χ4n) is 1.33. The Kier molecular flexibility index (Phi) is 5.22. The molecule has 1 aromatic rings. The zero-order chi connectivity index (χ0) is 13.8. The first-order chi connectivity index (χ1) is 8.22. The Morgan fingerprint density at radius 3 is 2.17 bits per heavy atom. The number of nitrogens with one attached hydrogen (secondary N) is 1. The summed E-state index contributed by atoms with van der Waals surface area (Å²) in [5, 5.41) is 0.768. The fraction of sp³-hybridized carbons (Fsp3) is 0.538. The number of rotatable bonds is 5. The Bertz CT molecular complexity index is 475. The third-order valence-electron chi connectivity index (χ3n) is 2.50. The Labute approximate surface area is 118 Å². The molecule has 102 valence electrons. The summed E-state index contributed by atoms with van der Waals surface area (Å²) >= 11 is 3.35. The Balaban J connectivity index is 2.64. The van der Waals surface area contributed by atoms with Gasteiger partial charge in [-0.2, -0.15) is 0 Å². The molecule has 1 N–H and O–H groups in total. The monoisotopic (exact) mass is 333 g/mol. The van der Waals surface area contributed by atoms with E-state index in [1.807, 2.05) is 32.9 Å². The molecule has 0 aromatic heterocycles. The topological polar surface area (TPSA) is 46.2 Å². The van der Waals surface area contributed by atoms with Gasteiger partial charge in [0, 0.05) is 11.0 Å². The number of anilines is 1. The molecule has 0 aliphatic rings. The Morgan fingerprint density at radius 2 is 1.72 bits per heavy atom. The number of halogens is 1. The molecule has 0 fully saturated rings. The molecule has 0 heterocycles. The second-order valence-corrected chi connectivity index (χ2v) is 7.96. The fourth-order valence-corrected chi connectivity index (χ4v) is 3.19. The quantitative estimate of drug-likeness (QED) is 0.834. The maximum absolute atomic E-state index is 11.9. The van der Waals surface area contributed by atoms with Gasteiger partial charge in [-0.3, -0.25) is 4.72 Å². The molecule has 1 aromatic carbocycles. The van der Waals surface area contributed by atoms with Gasteiger partial charge in [-0.15, -0.1) is 0 Å². The average Bonchev–Trinajstić information content (AvgIpc) is 2.26. The van der Waals surface area contributed by atoms with Crippen molar-refractivity contribution < 1.29 is 8.42 Å². The molecular weight excluding hydrogens is 314 g/mol. The predicted molar refractivity (Wildman–Crippen MR) is 80.6 cm³/mol. The molecule has 0 radical (unpaired) electrons. The van der Waals surface area contributed by atoms with E-state index in [9.17, 15) is 8.42 Å². The molecule has 18 heavy (non-hydrogen) atoms. The van der Waals surface area contributed by atoms with Crippen molar-refractivity contribution in [2.75, 3.05) is 10.5 Å². The lowest BCUT2D eigenvalue weighted by Gasteiger charge is -2.18. The van der Waals surface area contributed by atoms with Crippen LogP contribution in [0.15, 0.2) is 24.3 Å². The van der Waals surface area contributed by atoms with Crippen molar-refractivity contribution in [2.45, 2.75) is 32.5 Å². The van der Waals surface area contributed by atoms with E-state index >= 15 is 0 Å². The van der Waals surface area contributed by atoms with Crippen molar-refractivity contribution in [2.24, 2.45) is 5.41 Å². The minimum atomic E-state index is -3.25. The third kappa shape index (κ3) is 5.87. The summed E-state index contributed by atoms with van der Waals surface area (Å²) in [5.41, 5.74) is 1.76. The molecule has 0 spiro atoms. The van der Waals surface area contributed by atoms with E-state index in [1.165, 1.54) is 0 Å². The standard InChI is InChI=1S/C13H20BrNO2S/c1-13(2,3)8-9-18(16,17)15-12-6-4-11(10-14)5-7-12/h4-7,15H,8-10H2,1-3H3. The molecule has 0 atom stereocenters. The summed E-state index contributed by atoms with van der Waals surface area (Å²) in [5.74, 6) is 0.149. The average molecular weight is 334 g/mol. The van der Waals surface area contributed by atoms with Crippen LogP contribution in [0.2, 0.25) is 0 Å². The van der Waals surface area contributed by atoms with E-state index in [-0.39, 0.29) is 11.2 Å². The highest BCUT2D eigenvalue weighted by atomic mass is 79.9. The normalized spacial score (nSPS) is 12.4. The summed E-state index contributed by atoms with van der Waals surface area (Å²) in [6.45, 7) is 6.11. The van der Waals surface area contributed by atoms with Crippen LogP contribution < -0.4 is 4.72 Å². The van der Waals surface area contributed by atoms with Gasteiger partial charge in [0.15, 0.2) is 0 Å². The third-order valence-corrected chi connectivity index (χ3v) is 4.44. The molecule has 0 saturated heterocycles. The van der Waals surface area contributed by atoms with Gasteiger partial charge in [0.1, 0.15) is 0 Å². The van der Waals surface area contributed by atoms with Gasteiger partial charge in [-0.25, -0.2) is 8.42 Å². The molecule has 0 saturated carbocycles. The van der Waals surface area contributed by atoms with Gasteiger partial charge in [0.05, 0.1) is 5.75 Å². The molecule has 0 aliphatic carbocycles. The van der Waals surface area contributed by atoms with E-state index in [0.717, 1.165) is 10.9 Å². The molecule has 0 aliphatic heterocycles. The largest absolute Gasteiger partial charge is 0.284 e. The first-order valence-electron chi connectivity index (χ1n) is 5.87. The van der Waals surface area contributed by atoms with Crippen molar-refractivity contribution >= 4 is 31.6 Å². The molecule has 5 heteroatoms. The van der Waals surface area contributed by atoms with Gasteiger partial charge in [-0.05, 0) is 29.5 Å². The smallest absolute Gasteiger partial charge is 0.232 e. The van der Waals surface area contributed by atoms with E-state index < -0.39 is 10.0 Å². The maximum atomic E-state index is 11.9. The second-order valence-electron chi connectivity index (χ2n) is 5.56. The number of sulfonamides is 1. The Hall–Kier alpha value is -0.550. The van der Waals surface area contributed by atoms with Crippen LogP contribution in [0.3, 0.4) is 0 Å². The van der Waals surface area contributed by atoms with Crippen LogP contribution in [-0.4, -0.2) is 14.2 Å². The van der Waals surface area contributed by atoms with Crippen molar-refractivity contribution in [1.29, 1.82) is 0 Å². The SMILES string of the molecule is CC(C)(C)CCS(=O)(=O)Nc1ccc(CBr)cc1. The lowest BCUT2D eigenvalue weighted by Crippen LogP contribution is -2.20. The summed E-state index contributed by atoms with van der Waals surface area (Å²) in [4.78, 5) is 0. The van der Waals surface area contributed by atoms with Gasteiger partial charge >= 0.3 is 0 Å². The first-order valence-corrected chi connectivity index (χ1v) is 8.65. The van der Waals surface area contributed by atoms with E-state index in [4.69, 9.17) is 0 Å². The van der Waals surface area contributed by atoms with Crippen molar-refractivity contribution in [3.05, 3.63) is 29.8 Å². The summed E-state index contributed by atoms with van der Waals surface area (Å²) in [7, 11) is -3.25. The highest BCUT2D eigenvalue weighted by Crippen LogP contribution is 2.20. The number of hydrogen-bond donors (Lipinski definition) is 1. The predicted octanol–water partition coefficient (Wildman–Crippen LogP) is 3.76. The maximum Gasteiger partial charge on any atom is 0.232 e. The van der Waals surface area contributed by atoms with E-state index in [2.05, 4.69) is 20.7 Å². The minimum Gasteiger partial charge on any atom is -0.284 e. The van der Waals surface area contributed by atoms with Crippen molar-refractivity contribution in [3.8, 4) is 0 Å². The van der Waals surface area contributed by atoms with Crippen LogP contribution in [-0.2, 0) is 15.4 Å². The van der Waals surface area contributed by atoms with Crippen LogP contribution in [0, 0.1) is 5.41 Å². The van der Waals surface area contributed by atoms with Gasteiger partial charge in [0.25, 0.3) is 0 Å². The lowest BCUT2D eigenvalue weighted by molar-refractivity contribution is 0.397. The summed E-state index contributed by atoms with van der Waals surface area (Å²) < 4.78 is 26.4. The van der Waals surface area contributed by atoms with E-state index in [1.54, 1.807) is 12.1 Å². The molecular formula is C13H20BrNO2S. The van der Waals surface area contributed by atoms with Crippen LogP contribution >= 0.6 is 15.9 Å². The molecule has 0 unspecified atom stereocenters. The van der Waals surface area contributed by atoms with Crippen molar-refractivity contribution in [3.63, 3.8) is 0 Å². The molecule has 0 amide bonds. The molecule has 1 rings (SSSR count). The lowest BCUT2D eigenvalue weighted by atomic mass is 9.94. The van der Waals surface area contributed by atoms with Crippen LogP contribution in [0.1, 0.15) is 32.8 Å².